The summed E-state index contributed by atoms with van der Waals surface area (Å²) in [5, 5.41) is 17.2. The zero-order valence-electron chi connectivity index (χ0n) is 6.21. The van der Waals surface area contributed by atoms with Crippen molar-refractivity contribution in [2.75, 3.05) is 0 Å². The molecule has 2 aromatic heterocycles. The Morgan fingerprint density at radius 1 is 1.50 bits per heavy atom. The average Bonchev–Trinajstić information content (AvgIpc) is 2.28. The number of halogens is 1. The van der Waals surface area contributed by atoms with Crippen LogP contribution in [0.5, 0.6) is 5.75 Å². The molecule has 0 saturated carbocycles. The molecule has 0 atom stereocenters. The summed E-state index contributed by atoms with van der Waals surface area (Å²) in [6.45, 7) is 1.83. The molecule has 0 aliphatic rings. The molecule has 1 N–H and O–H groups in total. The Kier molecular flexibility index (Phi) is 1.66. The number of aromatic hydroxyl groups is 1. The number of rotatable bonds is 0. The molecule has 0 unspecified atom stereocenters. The Morgan fingerprint density at radius 2 is 2.25 bits per heavy atom. The van der Waals surface area contributed by atoms with E-state index >= 15 is 0 Å². The first-order valence-electron chi connectivity index (χ1n) is 3.30. The SMILES string of the molecule is Cc1sc2cc(Cl)nnc2c1O. The van der Waals surface area contributed by atoms with E-state index in [0.29, 0.717) is 10.7 Å². The number of hydrogen-bond donors (Lipinski definition) is 1. The van der Waals surface area contributed by atoms with Crippen LogP contribution in [0, 0.1) is 6.92 Å². The van der Waals surface area contributed by atoms with Gasteiger partial charge < -0.3 is 5.11 Å². The van der Waals surface area contributed by atoms with Gasteiger partial charge in [0.25, 0.3) is 0 Å². The standard InChI is InChI=1S/C7H5ClN2OS/c1-3-7(11)6-4(12-3)2-5(8)9-10-6/h2,11H,1H3. The fraction of sp³-hybridized carbons (Fsp3) is 0.143. The van der Waals surface area contributed by atoms with E-state index in [1.807, 2.05) is 6.92 Å². The van der Waals surface area contributed by atoms with E-state index in [1.165, 1.54) is 11.3 Å². The van der Waals surface area contributed by atoms with Crippen molar-refractivity contribution in [2.24, 2.45) is 0 Å². The number of aromatic nitrogens is 2. The second kappa shape index (κ2) is 2.57. The number of hydrogen-bond acceptors (Lipinski definition) is 4. The third-order valence-corrected chi connectivity index (χ3v) is 2.77. The van der Waals surface area contributed by atoms with E-state index in [4.69, 9.17) is 11.6 Å². The summed E-state index contributed by atoms with van der Waals surface area (Å²) >= 11 is 7.09. The van der Waals surface area contributed by atoms with Crippen LogP contribution in [0.3, 0.4) is 0 Å². The predicted molar refractivity (Wildman–Crippen MR) is 48.8 cm³/mol. The van der Waals surface area contributed by atoms with Gasteiger partial charge >= 0.3 is 0 Å². The van der Waals surface area contributed by atoms with Crippen LogP contribution in [0.1, 0.15) is 4.88 Å². The van der Waals surface area contributed by atoms with Gasteiger partial charge in [0.15, 0.2) is 10.9 Å². The van der Waals surface area contributed by atoms with Crippen LogP contribution in [0.4, 0.5) is 0 Å². The topological polar surface area (TPSA) is 46.0 Å². The zero-order valence-corrected chi connectivity index (χ0v) is 7.78. The van der Waals surface area contributed by atoms with Gasteiger partial charge in [0.2, 0.25) is 0 Å². The molecular weight excluding hydrogens is 196 g/mol. The molecule has 0 aromatic carbocycles. The van der Waals surface area contributed by atoms with Gasteiger partial charge in [-0.2, -0.15) is 0 Å². The Balaban J connectivity index is 2.87. The van der Waals surface area contributed by atoms with Crippen molar-refractivity contribution < 1.29 is 5.11 Å². The number of fused-ring (bicyclic) bond motifs is 1. The van der Waals surface area contributed by atoms with Gasteiger partial charge in [-0.05, 0) is 13.0 Å². The highest BCUT2D eigenvalue weighted by Gasteiger charge is 2.09. The first-order valence-corrected chi connectivity index (χ1v) is 4.49. The lowest BCUT2D eigenvalue weighted by atomic mass is 10.4. The van der Waals surface area contributed by atoms with Crippen LogP contribution in [0.2, 0.25) is 5.15 Å². The Hall–Kier alpha value is -0.870. The molecule has 0 spiro atoms. The maximum Gasteiger partial charge on any atom is 0.157 e. The largest absolute Gasteiger partial charge is 0.505 e. The molecule has 0 amide bonds. The molecule has 2 heterocycles. The molecule has 12 heavy (non-hydrogen) atoms. The maximum atomic E-state index is 9.45. The summed E-state index contributed by atoms with van der Waals surface area (Å²) in [4.78, 5) is 0.835. The van der Waals surface area contributed by atoms with Crippen molar-refractivity contribution in [1.29, 1.82) is 0 Å². The molecule has 3 nitrogen and oxygen atoms in total. The molecule has 0 saturated heterocycles. The lowest BCUT2D eigenvalue weighted by Crippen LogP contribution is -1.80. The van der Waals surface area contributed by atoms with E-state index in [-0.39, 0.29) is 5.75 Å². The lowest BCUT2D eigenvalue weighted by Gasteiger charge is -1.88. The monoisotopic (exact) mass is 200 g/mol. The molecule has 62 valence electrons. The fourth-order valence-electron chi connectivity index (χ4n) is 0.974. The molecule has 0 radical (unpaired) electrons. The van der Waals surface area contributed by atoms with Crippen molar-refractivity contribution in [3.05, 3.63) is 16.1 Å². The van der Waals surface area contributed by atoms with Crippen LogP contribution in [-0.4, -0.2) is 15.3 Å². The van der Waals surface area contributed by atoms with E-state index in [9.17, 15) is 5.11 Å². The summed E-state index contributed by atoms with van der Waals surface area (Å²) in [7, 11) is 0. The van der Waals surface area contributed by atoms with Gasteiger partial charge in [-0.15, -0.1) is 21.5 Å². The Morgan fingerprint density at radius 3 is 3.00 bits per heavy atom. The Labute approximate surface area is 77.6 Å². The highest BCUT2D eigenvalue weighted by Crippen LogP contribution is 2.34. The lowest BCUT2D eigenvalue weighted by molar-refractivity contribution is 0.478. The molecule has 2 aromatic rings. The first-order chi connectivity index (χ1) is 5.68. The maximum absolute atomic E-state index is 9.45. The van der Waals surface area contributed by atoms with Crippen molar-refractivity contribution in [1.82, 2.24) is 10.2 Å². The van der Waals surface area contributed by atoms with Crippen molar-refractivity contribution >= 4 is 33.2 Å². The number of nitrogens with zero attached hydrogens (tertiary/aromatic N) is 2. The molecule has 2 rings (SSSR count). The molecule has 0 bridgehead atoms. The molecular formula is C7H5ClN2OS. The zero-order chi connectivity index (χ0) is 8.72. The van der Waals surface area contributed by atoms with Crippen LogP contribution in [0.25, 0.3) is 10.2 Å². The normalized spacial score (nSPS) is 10.8. The van der Waals surface area contributed by atoms with Gasteiger partial charge in [0, 0.05) is 4.88 Å². The third kappa shape index (κ3) is 1.04. The molecule has 0 fully saturated rings. The van der Waals surface area contributed by atoms with E-state index in [2.05, 4.69) is 10.2 Å². The van der Waals surface area contributed by atoms with E-state index < -0.39 is 0 Å². The average molecular weight is 201 g/mol. The van der Waals surface area contributed by atoms with Gasteiger partial charge in [-0.3, -0.25) is 0 Å². The minimum Gasteiger partial charge on any atom is -0.505 e. The third-order valence-electron chi connectivity index (χ3n) is 1.55. The van der Waals surface area contributed by atoms with E-state index in [1.54, 1.807) is 6.07 Å². The number of thiophene rings is 1. The summed E-state index contributed by atoms with van der Waals surface area (Å²) in [6.07, 6.45) is 0. The van der Waals surface area contributed by atoms with Gasteiger partial charge in [0.1, 0.15) is 5.52 Å². The quantitative estimate of drug-likeness (QED) is 0.710. The van der Waals surface area contributed by atoms with Crippen LogP contribution in [-0.2, 0) is 0 Å². The first kappa shape index (κ1) is 7.76. The summed E-state index contributed by atoms with van der Waals surface area (Å²) in [5.41, 5.74) is 0.530. The second-order valence-electron chi connectivity index (χ2n) is 2.39. The second-order valence-corrected chi connectivity index (χ2v) is 4.03. The van der Waals surface area contributed by atoms with Crippen LogP contribution < -0.4 is 0 Å². The fourth-order valence-corrected chi connectivity index (χ4v) is 2.11. The highest BCUT2D eigenvalue weighted by atomic mass is 35.5. The summed E-state index contributed by atoms with van der Waals surface area (Å²) in [6, 6.07) is 1.70. The van der Waals surface area contributed by atoms with E-state index in [0.717, 1.165) is 9.58 Å². The van der Waals surface area contributed by atoms with Crippen molar-refractivity contribution in [3.63, 3.8) is 0 Å². The molecule has 5 heteroatoms. The minimum absolute atomic E-state index is 0.208. The van der Waals surface area contributed by atoms with Crippen LogP contribution >= 0.6 is 22.9 Å². The minimum atomic E-state index is 0.208. The van der Waals surface area contributed by atoms with Gasteiger partial charge in [-0.25, -0.2) is 0 Å². The van der Waals surface area contributed by atoms with Crippen molar-refractivity contribution in [2.45, 2.75) is 6.92 Å². The highest BCUT2D eigenvalue weighted by molar-refractivity contribution is 7.19. The van der Waals surface area contributed by atoms with Gasteiger partial charge in [-0.1, -0.05) is 11.6 Å². The molecule has 0 aliphatic carbocycles. The van der Waals surface area contributed by atoms with Crippen molar-refractivity contribution in [3.8, 4) is 5.75 Å². The molecule has 0 aliphatic heterocycles. The van der Waals surface area contributed by atoms with Gasteiger partial charge in [0.05, 0.1) is 4.70 Å². The predicted octanol–water partition coefficient (Wildman–Crippen LogP) is 2.36. The smallest absolute Gasteiger partial charge is 0.157 e. The number of aryl methyl sites for hydroxylation is 1. The Bertz CT molecular complexity index is 440. The summed E-state index contributed by atoms with van der Waals surface area (Å²) in [5.74, 6) is 0.208. The summed E-state index contributed by atoms with van der Waals surface area (Å²) < 4.78 is 0.866. The van der Waals surface area contributed by atoms with Crippen LogP contribution in [0.15, 0.2) is 6.07 Å².